The predicted molar refractivity (Wildman–Crippen MR) is 68.1 cm³/mol. The van der Waals surface area contributed by atoms with Gasteiger partial charge in [-0.05, 0) is 58.3 Å². The van der Waals surface area contributed by atoms with Crippen LogP contribution in [0, 0.1) is 0 Å². The second-order valence-corrected chi connectivity index (χ2v) is 4.22. The largest absolute Gasteiger partial charge is 0.385 e. The molecule has 0 atom stereocenters. The Labute approximate surface area is 97.5 Å². The quantitative estimate of drug-likeness (QED) is 0.589. The van der Waals surface area contributed by atoms with Crippen LogP contribution < -0.4 is 5.32 Å². The first kappa shape index (κ1) is 12.7. The molecule has 1 N–H and O–H groups in total. The highest BCUT2D eigenvalue weighted by atomic mass is 16.1. The van der Waals surface area contributed by atoms with E-state index >= 15 is 0 Å². The number of carbonyl (C=O) groups is 1. The van der Waals surface area contributed by atoms with Crippen molar-refractivity contribution in [2.75, 3.05) is 32.5 Å². The van der Waals surface area contributed by atoms with Crippen molar-refractivity contribution in [3.05, 3.63) is 29.8 Å². The van der Waals surface area contributed by atoms with Crippen LogP contribution in [0.1, 0.15) is 23.7 Å². The van der Waals surface area contributed by atoms with Gasteiger partial charge >= 0.3 is 0 Å². The Morgan fingerprint density at radius 2 is 1.88 bits per heavy atom. The van der Waals surface area contributed by atoms with E-state index < -0.39 is 0 Å². The van der Waals surface area contributed by atoms with Crippen LogP contribution in [0.3, 0.4) is 0 Å². The third kappa shape index (κ3) is 4.45. The van der Waals surface area contributed by atoms with Crippen molar-refractivity contribution in [1.82, 2.24) is 4.90 Å². The fourth-order valence-corrected chi connectivity index (χ4v) is 1.45. The lowest BCUT2D eigenvalue weighted by molar-refractivity contribution is 0.101. The summed E-state index contributed by atoms with van der Waals surface area (Å²) in [6, 6.07) is 7.62. The van der Waals surface area contributed by atoms with Crippen LogP contribution in [0.4, 0.5) is 5.69 Å². The Morgan fingerprint density at radius 1 is 1.25 bits per heavy atom. The maximum Gasteiger partial charge on any atom is 0.159 e. The van der Waals surface area contributed by atoms with E-state index in [1.165, 1.54) is 0 Å². The van der Waals surface area contributed by atoms with Gasteiger partial charge in [-0.25, -0.2) is 0 Å². The van der Waals surface area contributed by atoms with Crippen molar-refractivity contribution in [3.63, 3.8) is 0 Å². The van der Waals surface area contributed by atoms with E-state index in [0.717, 1.165) is 30.8 Å². The summed E-state index contributed by atoms with van der Waals surface area (Å²) in [7, 11) is 4.14. The monoisotopic (exact) mass is 220 g/mol. The minimum absolute atomic E-state index is 0.110. The van der Waals surface area contributed by atoms with E-state index in [4.69, 9.17) is 0 Å². The molecule has 3 heteroatoms. The van der Waals surface area contributed by atoms with Crippen molar-refractivity contribution in [2.45, 2.75) is 13.3 Å². The van der Waals surface area contributed by atoms with Gasteiger partial charge in [-0.3, -0.25) is 4.79 Å². The summed E-state index contributed by atoms with van der Waals surface area (Å²) in [6.07, 6.45) is 1.11. The van der Waals surface area contributed by atoms with Crippen LogP contribution in [-0.4, -0.2) is 37.9 Å². The SMILES string of the molecule is CC(=O)c1ccc(NCCCN(C)C)cc1. The molecule has 0 unspecified atom stereocenters. The minimum Gasteiger partial charge on any atom is -0.385 e. The summed E-state index contributed by atoms with van der Waals surface area (Å²) in [4.78, 5) is 13.2. The molecule has 0 amide bonds. The highest BCUT2D eigenvalue weighted by molar-refractivity contribution is 5.94. The Hall–Kier alpha value is -1.35. The second kappa shape index (κ2) is 6.28. The molecule has 1 aromatic rings. The van der Waals surface area contributed by atoms with Crippen molar-refractivity contribution in [1.29, 1.82) is 0 Å². The first-order valence-corrected chi connectivity index (χ1v) is 5.59. The van der Waals surface area contributed by atoms with Gasteiger partial charge in [0.25, 0.3) is 0 Å². The van der Waals surface area contributed by atoms with Crippen LogP contribution >= 0.6 is 0 Å². The van der Waals surface area contributed by atoms with Crippen LogP contribution in [0.25, 0.3) is 0 Å². The molecular formula is C13H20N2O. The summed E-state index contributed by atoms with van der Waals surface area (Å²) in [5, 5.41) is 3.33. The van der Waals surface area contributed by atoms with E-state index in [9.17, 15) is 4.79 Å². The third-order valence-electron chi connectivity index (χ3n) is 2.40. The lowest BCUT2D eigenvalue weighted by atomic mass is 10.1. The molecule has 0 radical (unpaired) electrons. The standard InChI is InChI=1S/C13H20N2O/c1-11(16)12-5-7-13(8-6-12)14-9-4-10-15(2)3/h5-8,14H,4,9-10H2,1-3H3. The summed E-state index contributed by atoms with van der Waals surface area (Å²) in [5.41, 5.74) is 1.84. The zero-order chi connectivity index (χ0) is 12.0. The van der Waals surface area contributed by atoms with E-state index in [0.29, 0.717) is 0 Å². The fraction of sp³-hybridized carbons (Fsp3) is 0.462. The van der Waals surface area contributed by atoms with Gasteiger partial charge in [0.15, 0.2) is 5.78 Å². The van der Waals surface area contributed by atoms with E-state index in [1.807, 2.05) is 24.3 Å². The lowest BCUT2D eigenvalue weighted by Gasteiger charge is -2.10. The molecule has 16 heavy (non-hydrogen) atoms. The van der Waals surface area contributed by atoms with Gasteiger partial charge in [0.2, 0.25) is 0 Å². The van der Waals surface area contributed by atoms with Gasteiger partial charge in [0.05, 0.1) is 0 Å². The van der Waals surface area contributed by atoms with Crippen molar-refractivity contribution >= 4 is 11.5 Å². The smallest absolute Gasteiger partial charge is 0.159 e. The Bertz CT molecular complexity index is 330. The summed E-state index contributed by atoms with van der Waals surface area (Å²) < 4.78 is 0. The molecule has 0 bridgehead atoms. The maximum atomic E-state index is 11.1. The summed E-state index contributed by atoms with van der Waals surface area (Å²) in [6.45, 7) is 3.62. The zero-order valence-electron chi connectivity index (χ0n) is 10.3. The topological polar surface area (TPSA) is 32.3 Å². The van der Waals surface area contributed by atoms with E-state index in [-0.39, 0.29) is 5.78 Å². The number of ketones is 1. The van der Waals surface area contributed by atoms with Crippen molar-refractivity contribution in [2.24, 2.45) is 0 Å². The van der Waals surface area contributed by atoms with Crippen molar-refractivity contribution in [3.8, 4) is 0 Å². The lowest BCUT2D eigenvalue weighted by Crippen LogP contribution is -2.16. The van der Waals surface area contributed by atoms with Gasteiger partial charge < -0.3 is 10.2 Å². The summed E-state index contributed by atoms with van der Waals surface area (Å²) in [5.74, 6) is 0.110. The molecule has 0 heterocycles. The molecule has 88 valence electrons. The number of rotatable bonds is 6. The normalized spacial score (nSPS) is 10.5. The highest BCUT2D eigenvalue weighted by Gasteiger charge is 1.98. The Kier molecular flexibility index (Phi) is 4.99. The number of carbonyl (C=O) groups excluding carboxylic acids is 1. The molecule has 0 saturated carbocycles. The first-order chi connectivity index (χ1) is 7.59. The number of hydrogen-bond donors (Lipinski definition) is 1. The molecule has 1 aromatic carbocycles. The molecule has 0 aromatic heterocycles. The Balaban J connectivity index is 2.35. The zero-order valence-corrected chi connectivity index (χ0v) is 10.3. The van der Waals surface area contributed by atoms with Gasteiger partial charge in [-0.1, -0.05) is 0 Å². The minimum atomic E-state index is 0.110. The predicted octanol–water partition coefficient (Wildman–Crippen LogP) is 2.25. The first-order valence-electron chi connectivity index (χ1n) is 5.59. The van der Waals surface area contributed by atoms with Gasteiger partial charge in [0.1, 0.15) is 0 Å². The molecule has 1 rings (SSSR count). The van der Waals surface area contributed by atoms with Crippen LogP contribution in [0.2, 0.25) is 0 Å². The van der Waals surface area contributed by atoms with Crippen LogP contribution in [-0.2, 0) is 0 Å². The average molecular weight is 220 g/mol. The maximum absolute atomic E-state index is 11.1. The highest BCUT2D eigenvalue weighted by Crippen LogP contribution is 2.09. The number of hydrogen-bond acceptors (Lipinski definition) is 3. The van der Waals surface area contributed by atoms with Crippen LogP contribution in [0.15, 0.2) is 24.3 Å². The van der Waals surface area contributed by atoms with Gasteiger partial charge in [0, 0.05) is 17.8 Å². The third-order valence-corrected chi connectivity index (χ3v) is 2.40. The molecular weight excluding hydrogens is 200 g/mol. The van der Waals surface area contributed by atoms with Crippen LogP contribution in [0.5, 0.6) is 0 Å². The number of nitrogens with zero attached hydrogens (tertiary/aromatic N) is 1. The second-order valence-electron chi connectivity index (χ2n) is 4.22. The molecule has 0 aliphatic carbocycles. The van der Waals surface area contributed by atoms with Gasteiger partial charge in [-0.15, -0.1) is 0 Å². The molecule has 3 nitrogen and oxygen atoms in total. The van der Waals surface area contributed by atoms with Crippen molar-refractivity contribution < 1.29 is 4.79 Å². The number of nitrogens with one attached hydrogen (secondary N) is 1. The Morgan fingerprint density at radius 3 is 2.38 bits per heavy atom. The number of Topliss-reactive ketones (excluding diaryl/α,β-unsaturated/α-hetero) is 1. The van der Waals surface area contributed by atoms with Gasteiger partial charge in [-0.2, -0.15) is 0 Å². The number of anilines is 1. The summed E-state index contributed by atoms with van der Waals surface area (Å²) >= 11 is 0. The molecule has 0 aliphatic heterocycles. The molecule has 0 saturated heterocycles. The molecule has 0 spiro atoms. The average Bonchev–Trinajstić information content (AvgIpc) is 2.25. The van der Waals surface area contributed by atoms with E-state index in [1.54, 1.807) is 6.92 Å². The molecule has 0 aliphatic rings. The van der Waals surface area contributed by atoms with E-state index in [2.05, 4.69) is 24.3 Å². The molecule has 0 fully saturated rings. The number of benzene rings is 1. The fourth-order valence-electron chi connectivity index (χ4n) is 1.45.